The van der Waals surface area contributed by atoms with E-state index in [-0.39, 0.29) is 43.7 Å². The van der Waals surface area contributed by atoms with Gasteiger partial charge in [-0.3, -0.25) is 9.59 Å². The molecule has 0 fully saturated rings. The summed E-state index contributed by atoms with van der Waals surface area (Å²) in [5, 5.41) is 33.8. The van der Waals surface area contributed by atoms with Crippen LogP contribution in [0.3, 0.4) is 0 Å². The van der Waals surface area contributed by atoms with Crippen LogP contribution in [0, 0.1) is 0 Å². The van der Waals surface area contributed by atoms with Crippen LogP contribution in [0.25, 0.3) is 11.1 Å². The first-order chi connectivity index (χ1) is 15.7. The van der Waals surface area contributed by atoms with Gasteiger partial charge in [-0.1, -0.05) is 54.6 Å². The van der Waals surface area contributed by atoms with Crippen LogP contribution in [0.4, 0.5) is 0 Å². The van der Waals surface area contributed by atoms with E-state index in [0.29, 0.717) is 12.8 Å². The average molecular weight is 457 g/mol. The monoisotopic (exact) mass is 456 g/mol. The minimum absolute atomic E-state index is 0.00380. The third kappa shape index (κ3) is 9.84. The highest BCUT2D eigenvalue weighted by Gasteiger charge is 2.18. The van der Waals surface area contributed by atoms with E-state index in [2.05, 4.69) is 10.6 Å². The Kier molecular flexibility index (Phi) is 10.5. The van der Waals surface area contributed by atoms with Gasteiger partial charge in [0.05, 0.1) is 12.5 Å². The number of carboxylic acids is 1. The first-order valence-corrected chi connectivity index (χ1v) is 11.0. The van der Waals surface area contributed by atoms with Gasteiger partial charge in [-0.15, -0.1) is 0 Å². The standard InChI is InChI=1S/C25H32N2O6/c1-17(28)27-21(12-14-23(30)25(32)33)11-13-22(29)16-26-24(31)15-18-7-9-20(10-8-18)19-5-3-2-4-6-19/h2-10,21-23,29-30H,11-16H2,1H3,(H,26,31)(H,27,28)(H,32,33). The van der Waals surface area contributed by atoms with Crippen LogP contribution in [0.15, 0.2) is 54.6 Å². The highest BCUT2D eigenvalue weighted by atomic mass is 16.4. The summed E-state index contributed by atoms with van der Waals surface area (Å²) >= 11 is 0. The van der Waals surface area contributed by atoms with Crippen molar-refractivity contribution in [2.45, 2.75) is 57.3 Å². The van der Waals surface area contributed by atoms with E-state index in [9.17, 15) is 24.6 Å². The number of hydrogen-bond donors (Lipinski definition) is 5. The van der Waals surface area contributed by atoms with Gasteiger partial charge >= 0.3 is 5.97 Å². The van der Waals surface area contributed by atoms with Crippen molar-refractivity contribution in [3.8, 4) is 11.1 Å². The minimum atomic E-state index is -1.49. The molecule has 8 heteroatoms. The van der Waals surface area contributed by atoms with Crippen molar-refractivity contribution in [3.63, 3.8) is 0 Å². The fraction of sp³-hybridized carbons (Fsp3) is 0.400. The summed E-state index contributed by atoms with van der Waals surface area (Å²) in [6.45, 7) is 1.43. The van der Waals surface area contributed by atoms with Gasteiger partial charge in [0.2, 0.25) is 11.8 Å². The summed E-state index contributed by atoms with van der Waals surface area (Å²) in [5.74, 6) is -1.79. The van der Waals surface area contributed by atoms with Crippen molar-refractivity contribution >= 4 is 17.8 Å². The van der Waals surface area contributed by atoms with Crippen LogP contribution in [0.5, 0.6) is 0 Å². The van der Waals surface area contributed by atoms with Gasteiger partial charge in [0.1, 0.15) is 0 Å². The molecule has 33 heavy (non-hydrogen) atoms. The van der Waals surface area contributed by atoms with Crippen LogP contribution in [0.1, 0.15) is 38.2 Å². The molecular formula is C25H32N2O6. The van der Waals surface area contributed by atoms with Gasteiger partial charge < -0.3 is 26.0 Å². The molecule has 2 aromatic carbocycles. The summed E-state index contributed by atoms with van der Waals surface area (Å²) in [5.41, 5.74) is 3.04. The molecule has 0 saturated carbocycles. The van der Waals surface area contributed by atoms with E-state index < -0.39 is 18.2 Å². The molecule has 3 atom stereocenters. The number of carbonyl (C=O) groups excluding carboxylic acids is 2. The second kappa shape index (κ2) is 13.3. The molecular weight excluding hydrogens is 424 g/mol. The number of amides is 2. The van der Waals surface area contributed by atoms with Crippen LogP contribution < -0.4 is 10.6 Å². The van der Waals surface area contributed by atoms with Crippen molar-refractivity contribution < 1.29 is 29.7 Å². The Morgan fingerprint density at radius 3 is 2.06 bits per heavy atom. The highest BCUT2D eigenvalue weighted by Crippen LogP contribution is 2.19. The van der Waals surface area contributed by atoms with Crippen LogP contribution >= 0.6 is 0 Å². The Labute approximate surface area is 193 Å². The molecule has 178 valence electrons. The Morgan fingerprint density at radius 2 is 1.45 bits per heavy atom. The number of hydrogen-bond acceptors (Lipinski definition) is 5. The zero-order valence-corrected chi connectivity index (χ0v) is 18.7. The molecule has 3 unspecified atom stereocenters. The second-order valence-electron chi connectivity index (χ2n) is 8.10. The molecule has 2 aromatic rings. The highest BCUT2D eigenvalue weighted by molar-refractivity contribution is 5.79. The maximum Gasteiger partial charge on any atom is 0.332 e. The summed E-state index contributed by atoms with van der Waals surface area (Å²) in [4.78, 5) is 34.3. The lowest BCUT2D eigenvalue weighted by atomic mass is 10.0. The Morgan fingerprint density at radius 1 is 0.848 bits per heavy atom. The number of benzene rings is 2. The Balaban J connectivity index is 1.74. The maximum atomic E-state index is 12.2. The average Bonchev–Trinajstić information content (AvgIpc) is 2.80. The topological polar surface area (TPSA) is 136 Å². The van der Waals surface area contributed by atoms with E-state index in [0.717, 1.165) is 16.7 Å². The van der Waals surface area contributed by atoms with Gasteiger partial charge in [0.15, 0.2) is 6.10 Å². The number of aliphatic hydroxyl groups excluding tert-OH is 2. The molecule has 2 rings (SSSR count). The van der Waals surface area contributed by atoms with E-state index in [1.807, 2.05) is 54.6 Å². The lowest BCUT2D eigenvalue weighted by Gasteiger charge is -2.20. The van der Waals surface area contributed by atoms with E-state index in [4.69, 9.17) is 5.11 Å². The lowest BCUT2D eigenvalue weighted by Crippen LogP contribution is -2.37. The fourth-order valence-corrected chi connectivity index (χ4v) is 3.48. The molecule has 0 aliphatic carbocycles. The molecule has 0 aromatic heterocycles. The molecule has 2 amide bonds. The smallest absolute Gasteiger partial charge is 0.332 e. The largest absolute Gasteiger partial charge is 0.479 e. The Bertz CT molecular complexity index is 901. The van der Waals surface area contributed by atoms with Gasteiger partial charge in [-0.25, -0.2) is 4.79 Å². The van der Waals surface area contributed by atoms with Gasteiger partial charge in [0.25, 0.3) is 0 Å². The van der Waals surface area contributed by atoms with E-state index in [1.165, 1.54) is 6.92 Å². The predicted octanol–water partition coefficient (Wildman–Crippen LogP) is 1.88. The summed E-state index contributed by atoms with van der Waals surface area (Å²) in [6.07, 6.45) is -1.14. The number of aliphatic carboxylic acids is 1. The third-order valence-electron chi connectivity index (χ3n) is 5.29. The number of carboxylic acid groups (broad SMARTS) is 1. The summed E-state index contributed by atoms with van der Waals surface area (Å²) < 4.78 is 0. The quantitative estimate of drug-likeness (QED) is 0.312. The first kappa shape index (κ1) is 26.0. The van der Waals surface area contributed by atoms with Gasteiger partial charge in [-0.05, 0) is 42.4 Å². The maximum absolute atomic E-state index is 12.2. The minimum Gasteiger partial charge on any atom is -0.479 e. The molecule has 5 N–H and O–H groups in total. The number of rotatable bonds is 13. The van der Waals surface area contributed by atoms with Crippen molar-refractivity contribution in [1.82, 2.24) is 10.6 Å². The fourth-order valence-electron chi connectivity index (χ4n) is 3.48. The molecule has 0 bridgehead atoms. The van der Waals surface area contributed by atoms with Crippen molar-refractivity contribution in [2.24, 2.45) is 0 Å². The van der Waals surface area contributed by atoms with Crippen LogP contribution in [0.2, 0.25) is 0 Å². The van der Waals surface area contributed by atoms with Gasteiger partial charge in [0, 0.05) is 19.5 Å². The van der Waals surface area contributed by atoms with Crippen molar-refractivity contribution in [1.29, 1.82) is 0 Å². The second-order valence-corrected chi connectivity index (χ2v) is 8.10. The predicted molar refractivity (Wildman–Crippen MR) is 124 cm³/mol. The van der Waals surface area contributed by atoms with Crippen molar-refractivity contribution in [3.05, 3.63) is 60.2 Å². The third-order valence-corrected chi connectivity index (χ3v) is 5.29. The zero-order chi connectivity index (χ0) is 24.2. The number of carbonyl (C=O) groups is 3. The van der Waals surface area contributed by atoms with E-state index >= 15 is 0 Å². The molecule has 8 nitrogen and oxygen atoms in total. The van der Waals surface area contributed by atoms with Crippen LogP contribution in [-0.4, -0.2) is 57.9 Å². The molecule has 0 aliphatic heterocycles. The molecule has 0 radical (unpaired) electrons. The molecule has 0 aliphatic rings. The van der Waals surface area contributed by atoms with Gasteiger partial charge in [-0.2, -0.15) is 0 Å². The SMILES string of the molecule is CC(=O)NC(CCC(O)CNC(=O)Cc1ccc(-c2ccccc2)cc1)CCC(O)C(=O)O. The number of nitrogens with one attached hydrogen (secondary N) is 2. The zero-order valence-electron chi connectivity index (χ0n) is 18.7. The number of aliphatic hydroxyl groups is 2. The molecule has 0 spiro atoms. The molecule has 0 saturated heterocycles. The first-order valence-electron chi connectivity index (χ1n) is 11.0. The van der Waals surface area contributed by atoms with Crippen LogP contribution in [-0.2, 0) is 20.8 Å². The Hall–Kier alpha value is -3.23. The molecule has 0 heterocycles. The lowest BCUT2D eigenvalue weighted by molar-refractivity contribution is -0.147. The summed E-state index contributed by atoms with van der Waals surface area (Å²) in [7, 11) is 0. The van der Waals surface area contributed by atoms with Crippen molar-refractivity contribution in [2.75, 3.05) is 6.54 Å². The normalized spacial score (nSPS) is 13.5. The summed E-state index contributed by atoms with van der Waals surface area (Å²) in [6, 6.07) is 17.3. The van der Waals surface area contributed by atoms with E-state index in [1.54, 1.807) is 0 Å².